The van der Waals surface area contributed by atoms with Gasteiger partial charge in [0.25, 0.3) is 5.91 Å². The average molecular weight is 493 g/mol. The van der Waals surface area contributed by atoms with Crippen LogP contribution in [0, 0.1) is 0 Å². The summed E-state index contributed by atoms with van der Waals surface area (Å²) >= 11 is 0. The summed E-state index contributed by atoms with van der Waals surface area (Å²) in [6.07, 6.45) is 2.02. The van der Waals surface area contributed by atoms with E-state index in [1.165, 1.54) is 7.11 Å². The third-order valence-corrected chi connectivity index (χ3v) is 6.04. The van der Waals surface area contributed by atoms with Gasteiger partial charge >= 0.3 is 12.1 Å². The van der Waals surface area contributed by atoms with Crippen LogP contribution < -0.4 is 5.32 Å². The number of likely N-dealkylation sites (tertiary alicyclic amines) is 1. The number of nitrogens with zero attached hydrogens (tertiary/aromatic N) is 3. The smallest absolute Gasteiger partial charge is 0.410 e. The highest BCUT2D eigenvalue weighted by atomic mass is 16.6. The van der Waals surface area contributed by atoms with E-state index in [1.807, 2.05) is 31.4 Å². The summed E-state index contributed by atoms with van der Waals surface area (Å²) in [4.78, 5) is 45.1. The standard InChI is InChI=1S/C27H32N4O5/c1-27(2,3)36-26(34)30-16-9-8-13-19(17-30)31-22-20(24(33)35-4)14-10-15-21(22)28-25(31)29-23(32)18-11-6-5-7-12-18/h5-7,10-12,14-15,19H,8-9,13,16-17H2,1-4H3,(H,28,29,32)/t19-/m1/s1. The van der Waals surface area contributed by atoms with Gasteiger partial charge in [0, 0.05) is 18.7 Å². The lowest BCUT2D eigenvalue weighted by Gasteiger charge is -2.29. The normalized spacial score (nSPS) is 16.3. The molecule has 1 aromatic heterocycles. The van der Waals surface area contributed by atoms with Crippen molar-refractivity contribution in [2.45, 2.75) is 51.7 Å². The maximum atomic E-state index is 13.1. The van der Waals surface area contributed by atoms with Gasteiger partial charge in [-0.2, -0.15) is 0 Å². The minimum absolute atomic E-state index is 0.248. The molecule has 190 valence electrons. The molecule has 1 fully saturated rings. The van der Waals surface area contributed by atoms with Gasteiger partial charge in [0.1, 0.15) is 5.60 Å². The molecule has 3 aromatic rings. The van der Waals surface area contributed by atoms with Crippen molar-refractivity contribution in [2.24, 2.45) is 0 Å². The van der Waals surface area contributed by atoms with E-state index < -0.39 is 11.6 Å². The largest absolute Gasteiger partial charge is 0.465 e. The summed E-state index contributed by atoms with van der Waals surface area (Å²) in [6.45, 7) is 6.42. The molecule has 1 aliphatic heterocycles. The Bertz CT molecular complexity index is 1260. The monoisotopic (exact) mass is 492 g/mol. The predicted molar refractivity (Wildman–Crippen MR) is 136 cm³/mol. The Hall–Kier alpha value is -3.88. The number of carbonyl (C=O) groups is 3. The zero-order chi connectivity index (χ0) is 25.9. The lowest BCUT2D eigenvalue weighted by Crippen LogP contribution is -2.39. The van der Waals surface area contributed by atoms with Crippen molar-refractivity contribution in [1.82, 2.24) is 14.5 Å². The van der Waals surface area contributed by atoms with E-state index in [0.717, 1.165) is 19.3 Å². The van der Waals surface area contributed by atoms with Crippen LogP contribution in [0.15, 0.2) is 48.5 Å². The van der Waals surface area contributed by atoms with Crippen LogP contribution in [0.1, 0.15) is 66.8 Å². The molecule has 9 nitrogen and oxygen atoms in total. The molecular weight excluding hydrogens is 460 g/mol. The lowest BCUT2D eigenvalue weighted by molar-refractivity contribution is 0.0237. The summed E-state index contributed by atoms with van der Waals surface area (Å²) in [6, 6.07) is 13.8. The second-order valence-electron chi connectivity index (χ2n) is 9.87. The van der Waals surface area contributed by atoms with Gasteiger partial charge in [-0.1, -0.05) is 24.3 Å². The van der Waals surface area contributed by atoms with Crippen molar-refractivity contribution in [1.29, 1.82) is 0 Å². The summed E-state index contributed by atoms with van der Waals surface area (Å²) in [5.41, 5.74) is 1.32. The fraction of sp³-hybridized carbons (Fsp3) is 0.407. The number of anilines is 1. The summed E-state index contributed by atoms with van der Waals surface area (Å²) in [5, 5.41) is 2.93. The van der Waals surface area contributed by atoms with Crippen molar-refractivity contribution in [2.75, 3.05) is 25.5 Å². The fourth-order valence-corrected chi connectivity index (χ4v) is 4.45. The summed E-state index contributed by atoms with van der Waals surface area (Å²) < 4.78 is 12.5. The second kappa shape index (κ2) is 10.4. The van der Waals surface area contributed by atoms with Crippen LogP contribution in [0.3, 0.4) is 0 Å². The Kier molecular flexibility index (Phi) is 7.28. The highest BCUT2D eigenvalue weighted by Gasteiger charge is 2.31. The Balaban J connectivity index is 1.79. The topological polar surface area (TPSA) is 103 Å². The SMILES string of the molecule is COC(=O)c1cccc2nc(NC(=O)c3ccccc3)n([C@@H]3CCCCN(C(=O)OC(C)(C)C)C3)c12. The molecule has 1 N–H and O–H groups in total. The van der Waals surface area contributed by atoms with Gasteiger partial charge in [-0.3, -0.25) is 10.1 Å². The van der Waals surface area contributed by atoms with Crippen molar-refractivity contribution in [3.8, 4) is 0 Å². The van der Waals surface area contributed by atoms with Gasteiger partial charge in [0.05, 0.1) is 29.7 Å². The molecule has 2 amide bonds. The number of benzene rings is 2. The Morgan fingerprint density at radius 3 is 2.47 bits per heavy atom. The first-order valence-corrected chi connectivity index (χ1v) is 12.1. The lowest BCUT2D eigenvalue weighted by atomic mass is 10.1. The maximum absolute atomic E-state index is 13.1. The molecule has 0 spiro atoms. The molecule has 0 unspecified atom stereocenters. The van der Waals surface area contributed by atoms with Crippen LogP contribution in [-0.2, 0) is 9.47 Å². The molecule has 2 aromatic carbocycles. The highest BCUT2D eigenvalue weighted by molar-refractivity contribution is 6.06. The van der Waals surface area contributed by atoms with Crippen LogP contribution in [-0.4, -0.2) is 58.2 Å². The van der Waals surface area contributed by atoms with E-state index in [-0.39, 0.29) is 18.0 Å². The molecule has 9 heteroatoms. The van der Waals surface area contributed by atoms with Crippen LogP contribution in [0.4, 0.5) is 10.7 Å². The van der Waals surface area contributed by atoms with Crippen molar-refractivity contribution in [3.63, 3.8) is 0 Å². The number of hydrogen-bond donors (Lipinski definition) is 1. The number of fused-ring (bicyclic) bond motifs is 1. The molecular formula is C27H32N4O5. The van der Waals surface area contributed by atoms with Gasteiger partial charge in [-0.15, -0.1) is 0 Å². The number of carbonyl (C=O) groups excluding carboxylic acids is 3. The number of methoxy groups -OCH3 is 1. The molecule has 1 aliphatic rings. The number of ether oxygens (including phenoxy) is 2. The zero-order valence-electron chi connectivity index (χ0n) is 21.1. The number of imidazole rings is 1. The number of aromatic nitrogens is 2. The van der Waals surface area contributed by atoms with E-state index in [2.05, 4.69) is 10.3 Å². The molecule has 36 heavy (non-hydrogen) atoms. The minimum Gasteiger partial charge on any atom is -0.465 e. The van der Waals surface area contributed by atoms with Gasteiger partial charge in [0.15, 0.2) is 0 Å². The predicted octanol–water partition coefficient (Wildman–Crippen LogP) is 5.04. The van der Waals surface area contributed by atoms with E-state index in [9.17, 15) is 14.4 Å². The minimum atomic E-state index is -0.618. The fourth-order valence-electron chi connectivity index (χ4n) is 4.45. The molecule has 2 heterocycles. The van der Waals surface area contributed by atoms with E-state index in [4.69, 9.17) is 9.47 Å². The Labute approximate surface area is 210 Å². The summed E-state index contributed by atoms with van der Waals surface area (Å²) in [7, 11) is 1.33. The van der Waals surface area contributed by atoms with E-state index >= 15 is 0 Å². The number of amides is 2. The number of hydrogen-bond acceptors (Lipinski definition) is 6. The van der Waals surface area contributed by atoms with Gasteiger partial charge in [-0.25, -0.2) is 14.6 Å². The zero-order valence-corrected chi connectivity index (χ0v) is 21.1. The molecule has 1 saturated heterocycles. The average Bonchev–Trinajstić information content (AvgIpc) is 3.03. The van der Waals surface area contributed by atoms with E-state index in [1.54, 1.807) is 47.4 Å². The first-order valence-electron chi connectivity index (χ1n) is 12.1. The molecule has 1 atom stereocenters. The molecule has 0 radical (unpaired) electrons. The number of nitrogens with one attached hydrogen (secondary N) is 1. The summed E-state index contributed by atoms with van der Waals surface area (Å²) in [5.74, 6) is -0.504. The van der Waals surface area contributed by atoms with Crippen LogP contribution in [0.2, 0.25) is 0 Å². The van der Waals surface area contributed by atoms with Crippen molar-refractivity contribution in [3.05, 3.63) is 59.7 Å². The van der Waals surface area contributed by atoms with Gasteiger partial charge in [0.2, 0.25) is 5.95 Å². The number of esters is 1. The number of para-hydroxylation sites is 1. The van der Waals surface area contributed by atoms with Crippen molar-refractivity contribution >= 4 is 35.0 Å². The van der Waals surface area contributed by atoms with Crippen molar-refractivity contribution < 1.29 is 23.9 Å². The van der Waals surface area contributed by atoms with Gasteiger partial charge in [-0.05, 0) is 64.3 Å². The molecule has 0 saturated carbocycles. The van der Waals surface area contributed by atoms with Gasteiger partial charge < -0.3 is 18.9 Å². The maximum Gasteiger partial charge on any atom is 0.410 e. The van der Waals surface area contributed by atoms with E-state index in [0.29, 0.717) is 41.2 Å². The second-order valence-corrected chi connectivity index (χ2v) is 9.87. The first kappa shape index (κ1) is 25.2. The molecule has 4 rings (SSSR count). The quantitative estimate of drug-likeness (QED) is 0.512. The number of rotatable bonds is 4. The molecule has 0 aliphatic carbocycles. The van der Waals surface area contributed by atoms with Crippen LogP contribution in [0.5, 0.6) is 0 Å². The van der Waals surface area contributed by atoms with Crippen LogP contribution in [0.25, 0.3) is 11.0 Å². The highest BCUT2D eigenvalue weighted by Crippen LogP contribution is 2.33. The third kappa shape index (κ3) is 5.50. The first-order chi connectivity index (χ1) is 17.2. The van der Waals surface area contributed by atoms with Crippen LogP contribution >= 0.6 is 0 Å². The Morgan fingerprint density at radius 2 is 1.78 bits per heavy atom. The molecule has 0 bridgehead atoms. The Morgan fingerprint density at radius 1 is 1.03 bits per heavy atom. The third-order valence-electron chi connectivity index (χ3n) is 6.04.